The van der Waals surface area contributed by atoms with Gasteiger partial charge >= 0.3 is 0 Å². The second-order valence-corrected chi connectivity index (χ2v) is 8.17. The number of fused-ring (bicyclic) bond motifs is 5. The summed E-state index contributed by atoms with van der Waals surface area (Å²) in [6.07, 6.45) is 7.58. The molecule has 1 saturated carbocycles. The van der Waals surface area contributed by atoms with Crippen LogP contribution in [0.1, 0.15) is 32.3 Å². The highest BCUT2D eigenvalue weighted by molar-refractivity contribution is 9.10. The maximum absolute atomic E-state index is 12.7. The van der Waals surface area contributed by atoms with Crippen molar-refractivity contribution in [1.29, 1.82) is 0 Å². The SMILES string of the molecule is CC[C@H](C)Oc1ccc(Br)cc1C=NN1C(=O)[C@@H]2[C@H](C1=O)[C@H]1C=C[C@H]2C1. The third-order valence-corrected chi connectivity index (χ3v) is 6.13. The quantitative estimate of drug-likeness (QED) is 0.417. The van der Waals surface area contributed by atoms with Gasteiger partial charge in [0.05, 0.1) is 24.2 Å². The lowest BCUT2D eigenvalue weighted by molar-refractivity contribution is -0.140. The summed E-state index contributed by atoms with van der Waals surface area (Å²) in [5, 5.41) is 5.32. The third kappa shape index (κ3) is 2.80. The molecule has 1 aromatic rings. The predicted molar refractivity (Wildman–Crippen MR) is 102 cm³/mol. The zero-order valence-corrected chi connectivity index (χ0v) is 16.3. The number of hydrazone groups is 1. The number of ether oxygens (including phenoxy) is 1. The van der Waals surface area contributed by atoms with E-state index >= 15 is 0 Å². The van der Waals surface area contributed by atoms with Gasteiger partial charge in [-0.05, 0) is 49.8 Å². The van der Waals surface area contributed by atoms with Gasteiger partial charge in [-0.3, -0.25) is 9.59 Å². The van der Waals surface area contributed by atoms with Crippen molar-refractivity contribution in [3.8, 4) is 5.75 Å². The molecule has 1 aliphatic heterocycles. The number of carbonyl (C=O) groups excluding carboxylic acids is 2. The lowest BCUT2D eigenvalue weighted by Crippen LogP contribution is -2.28. The van der Waals surface area contributed by atoms with Crippen molar-refractivity contribution < 1.29 is 14.3 Å². The van der Waals surface area contributed by atoms with Crippen LogP contribution in [-0.4, -0.2) is 29.1 Å². The first-order chi connectivity index (χ1) is 12.5. The highest BCUT2D eigenvalue weighted by Crippen LogP contribution is 2.52. The molecule has 3 aliphatic rings. The first kappa shape index (κ1) is 17.5. The summed E-state index contributed by atoms with van der Waals surface area (Å²) in [4.78, 5) is 25.4. The number of benzene rings is 1. The predicted octanol–water partition coefficient (Wildman–Crippen LogP) is 3.77. The summed E-state index contributed by atoms with van der Waals surface area (Å²) in [5.74, 6) is 0.266. The summed E-state index contributed by atoms with van der Waals surface area (Å²) in [6.45, 7) is 4.06. The van der Waals surface area contributed by atoms with Gasteiger partial charge in [-0.15, -0.1) is 0 Å². The molecule has 0 radical (unpaired) electrons. The first-order valence-corrected chi connectivity index (χ1v) is 9.85. The Morgan fingerprint density at radius 2 is 1.92 bits per heavy atom. The van der Waals surface area contributed by atoms with Crippen LogP contribution < -0.4 is 4.74 Å². The van der Waals surface area contributed by atoms with Gasteiger partial charge in [0.1, 0.15) is 5.75 Å². The largest absolute Gasteiger partial charge is 0.490 e. The molecule has 1 heterocycles. The number of amides is 2. The number of hydrogen-bond acceptors (Lipinski definition) is 4. The molecule has 2 fully saturated rings. The molecule has 2 amide bonds. The minimum absolute atomic E-state index is 0.0689. The van der Waals surface area contributed by atoms with E-state index in [1.165, 1.54) is 0 Å². The summed E-state index contributed by atoms with van der Waals surface area (Å²) < 4.78 is 6.81. The Balaban J connectivity index is 1.58. The molecule has 1 saturated heterocycles. The Morgan fingerprint density at radius 3 is 2.54 bits per heavy atom. The molecule has 0 aromatic heterocycles. The average molecular weight is 417 g/mol. The second-order valence-electron chi connectivity index (χ2n) is 7.25. The molecule has 26 heavy (non-hydrogen) atoms. The van der Waals surface area contributed by atoms with Crippen molar-refractivity contribution in [3.05, 3.63) is 40.4 Å². The van der Waals surface area contributed by atoms with Gasteiger partial charge in [0.15, 0.2) is 0 Å². The number of allylic oxidation sites excluding steroid dienone is 2. The molecule has 0 unspecified atom stereocenters. The van der Waals surface area contributed by atoms with Crippen molar-refractivity contribution >= 4 is 34.0 Å². The molecule has 0 spiro atoms. The van der Waals surface area contributed by atoms with E-state index in [4.69, 9.17) is 4.74 Å². The summed E-state index contributed by atoms with van der Waals surface area (Å²) >= 11 is 3.45. The van der Waals surface area contributed by atoms with Gasteiger partial charge in [-0.2, -0.15) is 10.1 Å². The number of imide groups is 1. The fourth-order valence-electron chi connectivity index (χ4n) is 4.15. The van der Waals surface area contributed by atoms with E-state index in [9.17, 15) is 9.59 Å². The molecular weight excluding hydrogens is 396 g/mol. The van der Waals surface area contributed by atoms with Crippen LogP contribution in [0.4, 0.5) is 0 Å². The molecule has 1 aromatic carbocycles. The van der Waals surface area contributed by atoms with Crippen LogP contribution in [0, 0.1) is 23.7 Å². The van der Waals surface area contributed by atoms with Gasteiger partial charge in [0.25, 0.3) is 11.8 Å². The van der Waals surface area contributed by atoms with Gasteiger partial charge in [0, 0.05) is 10.0 Å². The highest BCUT2D eigenvalue weighted by Gasteiger charge is 2.59. The standard InChI is InChI=1S/C20H21BrN2O3/c1-3-11(2)26-16-7-6-15(21)9-14(16)10-22-23-19(24)17-12-4-5-13(8-12)18(17)20(23)25/h4-7,9-13,17-18H,3,8H2,1-2H3/t11-,12-,13-,17-,18+/m0/s1. The molecule has 0 N–H and O–H groups in total. The minimum Gasteiger partial charge on any atom is -0.490 e. The van der Waals surface area contributed by atoms with Crippen molar-refractivity contribution in [2.45, 2.75) is 32.8 Å². The maximum Gasteiger partial charge on any atom is 0.254 e. The van der Waals surface area contributed by atoms with E-state index in [2.05, 4.69) is 40.1 Å². The van der Waals surface area contributed by atoms with E-state index in [0.29, 0.717) is 5.75 Å². The lowest BCUT2D eigenvalue weighted by Gasteiger charge is -2.15. The monoisotopic (exact) mass is 416 g/mol. The highest BCUT2D eigenvalue weighted by atomic mass is 79.9. The number of hydrogen-bond donors (Lipinski definition) is 0. The number of halogens is 1. The normalized spacial score (nSPS) is 30.5. The number of carbonyl (C=O) groups is 2. The molecule has 6 heteroatoms. The van der Waals surface area contributed by atoms with Crippen molar-refractivity contribution in [2.75, 3.05) is 0 Å². The summed E-state index contributed by atoms with van der Waals surface area (Å²) in [6, 6.07) is 5.64. The molecule has 5 nitrogen and oxygen atoms in total. The van der Waals surface area contributed by atoms with E-state index in [1.807, 2.05) is 25.1 Å². The summed E-state index contributed by atoms with van der Waals surface area (Å²) in [5.41, 5.74) is 0.735. The van der Waals surface area contributed by atoms with Crippen molar-refractivity contribution in [3.63, 3.8) is 0 Å². The van der Waals surface area contributed by atoms with Gasteiger partial charge in [0.2, 0.25) is 0 Å². The Bertz CT molecular complexity index is 789. The van der Waals surface area contributed by atoms with E-state index in [1.54, 1.807) is 6.21 Å². The van der Waals surface area contributed by atoms with Crippen LogP contribution in [0.25, 0.3) is 0 Å². The zero-order valence-electron chi connectivity index (χ0n) is 14.8. The van der Waals surface area contributed by atoms with Crippen LogP contribution in [0.5, 0.6) is 5.75 Å². The molecule has 5 atom stereocenters. The topological polar surface area (TPSA) is 59.0 Å². The van der Waals surface area contributed by atoms with Crippen LogP contribution >= 0.6 is 15.9 Å². The molecule has 2 bridgehead atoms. The zero-order chi connectivity index (χ0) is 18.4. The molecule has 2 aliphatic carbocycles. The third-order valence-electron chi connectivity index (χ3n) is 5.63. The molecular formula is C20H21BrN2O3. The van der Waals surface area contributed by atoms with Crippen molar-refractivity contribution in [1.82, 2.24) is 5.01 Å². The van der Waals surface area contributed by atoms with Crippen molar-refractivity contribution in [2.24, 2.45) is 28.8 Å². The van der Waals surface area contributed by atoms with E-state index in [0.717, 1.165) is 27.9 Å². The fraction of sp³-hybridized carbons (Fsp3) is 0.450. The second kappa shape index (κ2) is 6.65. The van der Waals surface area contributed by atoms with Crippen LogP contribution in [-0.2, 0) is 9.59 Å². The van der Waals surface area contributed by atoms with Gasteiger partial charge in [-0.1, -0.05) is 35.0 Å². The smallest absolute Gasteiger partial charge is 0.254 e. The van der Waals surface area contributed by atoms with Crippen LogP contribution in [0.3, 0.4) is 0 Å². The van der Waals surface area contributed by atoms with Gasteiger partial charge < -0.3 is 4.74 Å². The van der Waals surface area contributed by atoms with Crippen LogP contribution in [0.15, 0.2) is 39.9 Å². The van der Waals surface area contributed by atoms with Crippen LogP contribution in [0.2, 0.25) is 0 Å². The Hall–Kier alpha value is -1.95. The number of rotatable bonds is 5. The van der Waals surface area contributed by atoms with Gasteiger partial charge in [-0.25, -0.2) is 0 Å². The lowest BCUT2D eigenvalue weighted by atomic mass is 9.85. The minimum atomic E-state index is -0.229. The average Bonchev–Trinajstić information content (AvgIpc) is 3.30. The summed E-state index contributed by atoms with van der Waals surface area (Å²) in [7, 11) is 0. The Labute approximate surface area is 161 Å². The first-order valence-electron chi connectivity index (χ1n) is 9.06. The van der Waals surface area contributed by atoms with E-state index < -0.39 is 0 Å². The number of nitrogens with zero attached hydrogens (tertiary/aromatic N) is 2. The maximum atomic E-state index is 12.7. The van der Waals surface area contributed by atoms with E-state index in [-0.39, 0.29) is 41.6 Å². The fourth-order valence-corrected chi connectivity index (χ4v) is 4.53. The molecule has 4 rings (SSSR count). The Kier molecular flexibility index (Phi) is 4.47. The Morgan fingerprint density at radius 1 is 1.27 bits per heavy atom. The molecule has 136 valence electrons.